The molecule has 1 amide bonds. The van der Waals surface area contributed by atoms with Crippen LogP contribution in [0.2, 0.25) is 0 Å². The summed E-state index contributed by atoms with van der Waals surface area (Å²) in [5.74, 6) is 1.38. The maximum Gasteiger partial charge on any atom is 0.223 e. The number of amides is 1. The molecule has 0 atom stereocenters. The van der Waals surface area contributed by atoms with E-state index in [-0.39, 0.29) is 5.91 Å². The maximum absolute atomic E-state index is 11.4. The summed E-state index contributed by atoms with van der Waals surface area (Å²) in [6.07, 6.45) is 5.79. The zero-order valence-corrected chi connectivity index (χ0v) is 8.81. The summed E-state index contributed by atoms with van der Waals surface area (Å²) in [4.78, 5) is 11.4. The van der Waals surface area contributed by atoms with E-state index < -0.39 is 0 Å². The van der Waals surface area contributed by atoms with E-state index >= 15 is 0 Å². The highest BCUT2D eigenvalue weighted by Crippen LogP contribution is 2.26. The molecule has 1 fully saturated rings. The van der Waals surface area contributed by atoms with E-state index in [2.05, 4.69) is 19.2 Å². The molecule has 0 bridgehead atoms. The molecule has 0 aliphatic heterocycles. The van der Waals surface area contributed by atoms with Gasteiger partial charge in [-0.3, -0.25) is 4.79 Å². The van der Waals surface area contributed by atoms with E-state index in [0.717, 1.165) is 31.7 Å². The summed E-state index contributed by atoms with van der Waals surface area (Å²) in [5.41, 5.74) is 0. The molecule has 76 valence electrons. The van der Waals surface area contributed by atoms with Gasteiger partial charge in [-0.05, 0) is 31.6 Å². The second kappa shape index (κ2) is 5.25. The van der Waals surface area contributed by atoms with Gasteiger partial charge in [0.1, 0.15) is 0 Å². The third-order valence-electron chi connectivity index (χ3n) is 2.73. The van der Waals surface area contributed by atoms with Gasteiger partial charge in [0.25, 0.3) is 0 Å². The zero-order chi connectivity index (χ0) is 9.68. The summed E-state index contributed by atoms with van der Waals surface area (Å²) < 4.78 is 0. The molecule has 0 aromatic heterocycles. The van der Waals surface area contributed by atoms with Gasteiger partial charge >= 0.3 is 0 Å². The molecular formula is C11H21NO. The van der Waals surface area contributed by atoms with Gasteiger partial charge in [-0.2, -0.15) is 0 Å². The number of hydrogen-bond donors (Lipinski definition) is 1. The number of nitrogens with one attached hydrogen (secondary N) is 1. The second-order valence-electron chi connectivity index (χ2n) is 4.45. The molecule has 1 N–H and O–H groups in total. The van der Waals surface area contributed by atoms with E-state index in [1.807, 2.05) is 0 Å². The predicted octanol–water partition coefficient (Wildman–Crippen LogP) is 2.34. The summed E-state index contributed by atoms with van der Waals surface area (Å²) >= 11 is 0. The Morgan fingerprint density at radius 2 is 2.15 bits per heavy atom. The molecule has 0 saturated heterocycles. The SMILES string of the molecule is CC(C)CCCNC(=O)C1CCC1. The van der Waals surface area contributed by atoms with Crippen LogP contribution in [0.5, 0.6) is 0 Å². The minimum absolute atomic E-state index is 0.287. The van der Waals surface area contributed by atoms with Gasteiger partial charge in [0.05, 0.1) is 0 Å². The number of carbonyl (C=O) groups is 1. The van der Waals surface area contributed by atoms with Gasteiger partial charge < -0.3 is 5.32 Å². The van der Waals surface area contributed by atoms with Gasteiger partial charge in [-0.1, -0.05) is 20.3 Å². The molecule has 0 aromatic rings. The third-order valence-corrected chi connectivity index (χ3v) is 2.73. The fourth-order valence-electron chi connectivity index (χ4n) is 1.54. The van der Waals surface area contributed by atoms with E-state index in [1.54, 1.807) is 0 Å². The first-order valence-electron chi connectivity index (χ1n) is 5.48. The lowest BCUT2D eigenvalue weighted by Gasteiger charge is -2.24. The fourth-order valence-corrected chi connectivity index (χ4v) is 1.54. The van der Waals surface area contributed by atoms with Crippen molar-refractivity contribution in [1.29, 1.82) is 0 Å². The van der Waals surface area contributed by atoms with E-state index in [0.29, 0.717) is 5.92 Å². The molecule has 1 aliphatic rings. The van der Waals surface area contributed by atoms with Crippen LogP contribution in [0.15, 0.2) is 0 Å². The molecule has 0 spiro atoms. The van der Waals surface area contributed by atoms with Crippen molar-refractivity contribution < 1.29 is 4.79 Å². The van der Waals surface area contributed by atoms with Crippen molar-refractivity contribution in [2.75, 3.05) is 6.54 Å². The smallest absolute Gasteiger partial charge is 0.223 e. The Balaban J connectivity index is 1.95. The normalized spacial score (nSPS) is 17.2. The van der Waals surface area contributed by atoms with Crippen molar-refractivity contribution in [3.8, 4) is 0 Å². The summed E-state index contributed by atoms with van der Waals surface area (Å²) in [5, 5.41) is 3.00. The second-order valence-corrected chi connectivity index (χ2v) is 4.45. The molecule has 0 unspecified atom stereocenters. The maximum atomic E-state index is 11.4. The lowest BCUT2D eigenvalue weighted by Crippen LogP contribution is -2.34. The highest BCUT2D eigenvalue weighted by molar-refractivity contribution is 5.79. The van der Waals surface area contributed by atoms with E-state index in [1.165, 1.54) is 12.8 Å². The quantitative estimate of drug-likeness (QED) is 0.651. The van der Waals surface area contributed by atoms with Gasteiger partial charge in [-0.15, -0.1) is 0 Å². The van der Waals surface area contributed by atoms with Crippen LogP contribution in [-0.4, -0.2) is 12.5 Å². The van der Waals surface area contributed by atoms with Crippen LogP contribution in [0, 0.1) is 11.8 Å². The number of hydrogen-bond acceptors (Lipinski definition) is 1. The summed E-state index contributed by atoms with van der Waals surface area (Å²) in [6, 6.07) is 0. The van der Waals surface area contributed by atoms with Crippen LogP contribution >= 0.6 is 0 Å². The first kappa shape index (κ1) is 10.6. The molecule has 1 rings (SSSR count). The van der Waals surface area contributed by atoms with Gasteiger partial charge in [0.15, 0.2) is 0 Å². The standard InChI is InChI=1S/C11H21NO/c1-9(2)5-4-8-12-11(13)10-6-3-7-10/h9-10H,3-8H2,1-2H3,(H,12,13). The largest absolute Gasteiger partial charge is 0.356 e. The van der Waals surface area contributed by atoms with Crippen LogP contribution in [0.4, 0.5) is 0 Å². The van der Waals surface area contributed by atoms with Crippen LogP contribution in [0.25, 0.3) is 0 Å². The van der Waals surface area contributed by atoms with Crippen molar-refractivity contribution in [3.63, 3.8) is 0 Å². The molecule has 2 heteroatoms. The molecule has 0 heterocycles. The Kier molecular flexibility index (Phi) is 4.26. The van der Waals surface area contributed by atoms with Crippen molar-refractivity contribution in [2.24, 2.45) is 11.8 Å². The Bertz CT molecular complexity index is 161. The Hall–Kier alpha value is -0.530. The highest BCUT2D eigenvalue weighted by Gasteiger charge is 2.24. The molecular weight excluding hydrogens is 162 g/mol. The first-order chi connectivity index (χ1) is 6.20. The van der Waals surface area contributed by atoms with Crippen LogP contribution in [0.3, 0.4) is 0 Å². The molecule has 13 heavy (non-hydrogen) atoms. The third kappa shape index (κ3) is 3.79. The molecule has 1 saturated carbocycles. The van der Waals surface area contributed by atoms with Gasteiger partial charge in [0, 0.05) is 12.5 Å². The minimum atomic E-state index is 0.287. The lowest BCUT2D eigenvalue weighted by atomic mass is 9.85. The molecule has 1 aliphatic carbocycles. The monoisotopic (exact) mass is 183 g/mol. The highest BCUT2D eigenvalue weighted by atomic mass is 16.1. The molecule has 0 aromatic carbocycles. The van der Waals surface area contributed by atoms with Crippen molar-refractivity contribution in [1.82, 2.24) is 5.32 Å². The van der Waals surface area contributed by atoms with Gasteiger partial charge in [-0.25, -0.2) is 0 Å². The van der Waals surface area contributed by atoms with E-state index in [4.69, 9.17) is 0 Å². The van der Waals surface area contributed by atoms with Crippen molar-refractivity contribution in [3.05, 3.63) is 0 Å². The Morgan fingerprint density at radius 1 is 1.46 bits per heavy atom. The number of carbonyl (C=O) groups excluding carboxylic acids is 1. The van der Waals surface area contributed by atoms with Crippen LogP contribution in [0.1, 0.15) is 46.0 Å². The fraction of sp³-hybridized carbons (Fsp3) is 0.909. The lowest BCUT2D eigenvalue weighted by molar-refractivity contribution is -0.127. The Morgan fingerprint density at radius 3 is 2.62 bits per heavy atom. The topological polar surface area (TPSA) is 29.1 Å². The first-order valence-corrected chi connectivity index (χ1v) is 5.48. The van der Waals surface area contributed by atoms with Crippen molar-refractivity contribution >= 4 is 5.91 Å². The summed E-state index contributed by atoms with van der Waals surface area (Å²) in [6.45, 7) is 5.30. The zero-order valence-electron chi connectivity index (χ0n) is 8.81. The van der Waals surface area contributed by atoms with Crippen molar-refractivity contribution in [2.45, 2.75) is 46.0 Å². The minimum Gasteiger partial charge on any atom is -0.356 e. The van der Waals surface area contributed by atoms with Crippen LogP contribution in [-0.2, 0) is 4.79 Å². The average Bonchev–Trinajstić information content (AvgIpc) is 1.94. The average molecular weight is 183 g/mol. The van der Waals surface area contributed by atoms with Gasteiger partial charge in [0.2, 0.25) is 5.91 Å². The number of rotatable bonds is 5. The Labute approximate surface area is 81.1 Å². The van der Waals surface area contributed by atoms with Crippen LogP contribution < -0.4 is 5.32 Å². The van der Waals surface area contributed by atoms with E-state index in [9.17, 15) is 4.79 Å². The molecule has 2 nitrogen and oxygen atoms in total. The predicted molar refractivity (Wildman–Crippen MR) is 54.4 cm³/mol. The molecule has 0 radical (unpaired) electrons. The summed E-state index contributed by atoms with van der Waals surface area (Å²) in [7, 11) is 0.